The number of carbonyl (C=O) groups is 2. The summed E-state index contributed by atoms with van der Waals surface area (Å²) in [6, 6.07) is -0.802. The molecule has 0 aromatic rings. The number of rotatable bonds is 10. The topological polar surface area (TPSA) is 78.6 Å². The third kappa shape index (κ3) is 9.39. The molecular weight excluding hydrogens is 294 g/mol. The molecule has 0 aliphatic heterocycles. The summed E-state index contributed by atoms with van der Waals surface area (Å²) in [6.45, 7) is 15.3. The highest BCUT2D eigenvalue weighted by Crippen LogP contribution is 2.31. The maximum Gasteiger partial charge on any atom is 0.323 e. The quantitative estimate of drug-likeness (QED) is 0.491. The molecule has 0 aliphatic carbocycles. The van der Waals surface area contributed by atoms with Crippen molar-refractivity contribution in [3.63, 3.8) is 0 Å². The fraction of sp³-hybridized carbons (Fsp3) is 0.778. The van der Waals surface area contributed by atoms with Crippen LogP contribution in [-0.4, -0.2) is 29.7 Å². The molecule has 0 fully saturated rings. The normalized spacial score (nSPS) is 14.7. The van der Waals surface area contributed by atoms with Crippen molar-refractivity contribution in [1.29, 1.82) is 0 Å². The molecule has 134 valence electrons. The molecule has 5 nitrogen and oxygen atoms in total. The Morgan fingerprint density at radius 3 is 2.30 bits per heavy atom. The van der Waals surface area contributed by atoms with Crippen molar-refractivity contribution >= 4 is 11.9 Å². The Bertz CT molecular complexity index is 415. The molecule has 2 atom stereocenters. The van der Waals surface area contributed by atoms with E-state index in [1.165, 1.54) is 0 Å². The molecule has 0 saturated heterocycles. The van der Waals surface area contributed by atoms with Crippen LogP contribution >= 0.6 is 0 Å². The molecule has 2 unspecified atom stereocenters. The minimum absolute atomic E-state index is 0.0920. The zero-order valence-corrected chi connectivity index (χ0v) is 15.5. The van der Waals surface area contributed by atoms with Crippen molar-refractivity contribution in [3.05, 3.63) is 12.7 Å². The van der Waals surface area contributed by atoms with Gasteiger partial charge in [0.25, 0.3) is 0 Å². The first-order valence-electron chi connectivity index (χ1n) is 8.24. The zero-order chi connectivity index (χ0) is 18.3. The van der Waals surface area contributed by atoms with Crippen LogP contribution in [0.2, 0.25) is 0 Å². The van der Waals surface area contributed by atoms with Crippen LogP contribution in [-0.2, 0) is 19.1 Å². The average Bonchev–Trinajstić information content (AvgIpc) is 2.42. The molecule has 0 aromatic heterocycles. The number of hydrogen-bond donors (Lipinski definition) is 1. The van der Waals surface area contributed by atoms with Crippen LogP contribution in [0.4, 0.5) is 0 Å². The van der Waals surface area contributed by atoms with E-state index in [1.807, 2.05) is 47.6 Å². The smallest absolute Gasteiger partial charge is 0.323 e. The lowest BCUT2D eigenvalue weighted by Gasteiger charge is -2.32. The second-order valence-electron chi connectivity index (χ2n) is 7.40. The van der Waals surface area contributed by atoms with Crippen LogP contribution in [0.15, 0.2) is 12.7 Å². The number of esters is 2. The minimum atomic E-state index is -0.802. The summed E-state index contributed by atoms with van der Waals surface area (Å²) >= 11 is 0. The van der Waals surface area contributed by atoms with E-state index < -0.39 is 17.6 Å². The van der Waals surface area contributed by atoms with Gasteiger partial charge in [0.1, 0.15) is 11.6 Å². The van der Waals surface area contributed by atoms with E-state index in [-0.39, 0.29) is 30.3 Å². The van der Waals surface area contributed by atoms with Gasteiger partial charge in [-0.2, -0.15) is 0 Å². The van der Waals surface area contributed by atoms with Crippen molar-refractivity contribution in [2.75, 3.05) is 0 Å². The van der Waals surface area contributed by atoms with Crippen LogP contribution in [0.1, 0.15) is 67.2 Å². The highest BCUT2D eigenvalue weighted by atomic mass is 16.6. The van der Waals surface area contributed by atoms with Crippen LogP contribution in [0, 0.1) is 5.41 Å². The number of allylic oxidation sites excluding steroid dienone is 1. The maximum absolute atomic E-state index is 12.0. The number of hydrogen-bond acceptors (Lipinski definition) is 5. The van der Waals surface area contributed by atoms with E-state index in [0.717, 1.165) is 6.42 Å². The van der Waals surface area contributed by atoms with Crippen molar-refractivity contribution in [2.45, 2.75) is 85.0 Å². The van der Waals surface area contributed by atoms with Crippen LogP contribution in [0.3, 0.4) is 0 Å². The lowest BCUT2D eigenvalue weighted by molar-refractivity contribution is -0.159. The predicted molar refractivity (Wildman–Crippen MR) is 91.8 cm³/mol. The van der Waals surface area contributed by atoms with Gasteiger partial charge < -0.3 is 15.2 Å². The first-order chi connectivity index (χ1) is 10.4. The Hall–Kier alpha value is -1.36. The summed E-state index contributed by atoms with van der Waals surface area (Å²) in [5.74, 6) is -0.833. The van der Waals surface area contributed by atoms with Gasteiger partial charge in [-0.15, -0.1) is 6.58 Å². The zero-order valence-electron chi connectivity index (χ0n) is 15.5. The largest absolute Gasteiger partial charge is 0.462 e. The van der Waals surface area contributed by atoms with Crippen molar-refractivity contribution in [3.8, 4) is 0 Å². The summed E-state index contributed by atoms with van der Waals surface area (Å²) in [5, 5.41) is 0. The van der Waals surface area contributed by atoms with Crippen LogP contribution in [0.25, 0.3) is 0 Å². The standard InChI is InChI=1S/C18H33NO4/c1-8-13(3)22-16(21)14(19)10-11-15(20)23-18(6,7)12-17(4,5)9-2/h9,13-14H,2,8,10-12,19H2,1,3-7H3. The van der Waals surface area contributed by atoms with Gasteiger partial charge >= 0.3 is 11.9 Å². The van der Waals surface area contributed by atoms with Gasteiger partial charge in [0, 0.05) is 6.42 Å². The summed E-state index contributed by atoms with van der Waals surface area (Å²) in [4.78, 5) is 23.7. The lowest BCUT2D eigenvalue weighted by atomic mass is 9.82. The van der Waals surface area contributed by atoms with Gasteiger partial charge in [0.05, 0.1) is 6.10 Å². The highest BCUT2D eigenvalue weighted by molar-refractivity contribution is 5.77. The molecule has 2 N–H and O–H groups in total. The van der Waals surface area contributed by atoms with E-state index in [0.29, 0.717) is 6.42 Å². The molecular formula is C18H33NO4. The summed E-state index contributed by atoms with van der Waals surface area (Å²) < 4.78 is 10.7. The molecule has 0 heterocycles. The second kappa shape index (κ2) is 9.06. The van der Waals surface area contributed by atoms with E-state index >= 15 is 0 Å². The molecule has 0 rings (SSSR count). The molecule has 0 bridgehead atoms. The summed E-state index contributed by atoms with van der Waals surface area (Å²) in [6.07, 6.45) is 3.39. The minimum Gasteiger partial charge on any atom is -0.462 e. The van der Waals surface area contributed by atoms with Gasteiger partial charge in [-0.3, -0.25) is 9.59 Å². The van der Waals surface area contributed by atoms with Crippen LogP contribution < -0.4 is 5.73 Å². The van der Waals surface area contributed by atoms with Gasteiger partial charge in [-0.25, -0.2) is 0 Å². The summed E-state index contributed by atoms with van der Waals surface area (Å²) in [7, 11) is 0. The third-order valence-electron chi connectivity index (χ3n) is 3.68. The second-order valence-corrected chi connectivity index (χ2v) is 7.40. The van der Waals surface area contributed by atoms with E-state index in [1.54, 1.807) is 0 Å². The van der Waals surface area contributed by atoms with Gasteiger partial charge in [0.2, 0.25) is 0 Å². The van der Waals surface area contributed by atoms with Crippen molar-refractivity contribution < 1.29 is 19.1 Å². The average molecular weight is 327 g/mol. The SMILES string of the molecule is C=CC(C)(C)CC(C)(C)OC(=O)CCC(N)C(=O)OC(C)CC. The maximum atomic E-state index is 12.0. The molecule has 0 aromatic carbocycles. The van der Waals surface area contributed by atoms with Gasteiger partial charge in [0.15, 0.2) is 0 Å². The van der Waals surface area contributed by atoms with Crippen LogP contribution in [0.5, 0.6) is 0 Å². The van der Waals surface area contributed by atoms with Gasteiger partial charge in [-0.05, 0) is 45.4 Å². The molecule has 5 heteroatoms. The van der Waals surface area contributed by atoms with Crippen molar-refractivity contribution in [1.82, 2.24) is 0 Å². The number of nitrogens with two attached hydrogens (primary N) is 1. The monoisotopic (exact) mass is 327 g/mol. The molecule has 23 heavy (non-hydrogen) atoms. The molecule has 0 radical (unpaired) electrons. The first-order valence-corrected chi connectivity index (χ1v) is 8.24. The molecule has 0 aliphatic rings. The Labute approximate surface area is 140 Å². The third-order valence-corrected chi connectivity index (χ3v) is 3.68. The Morgan fingerprint density at radius 1 is 1.26 bits per heavy atom. The Morgan fingerprint density at radius 2 is 1.83 bits per heavy atom. The van der Waals surface area contributed by atoms with Gasteiger partial charge in [-0.1, -0.05) is 26.8 Å². The van der Waals surface area contributed by atoms with Crippen molar-refractivity contribution in [2.24, 2.45) is 11.1 Å². The van der Waals surface area contributed by atoms with E-state index in [4.69, 9.17) is 15.2 Å². The van der Waals surface area contributed by atoms with E-state index in [9.17, 15) is 9.59 Å². The molecule has 0 amide bonds. The fourth-order valence-corrected chi connectivity index (χ4v) is 2.32. The Balaban J connectivity index is 4.34. The predicted octanol–water partition coefficient (Wildman–Crippen LogP) is 3.36. The lowest BCUT2D eigenvalue weighted by Crippen LogP contribution is -2.36. The first kappa shape index (κ1) is 21.6. The fourth-order valence-electron chi connectivity index (χ4n) is 2.32. The molecule has 0 spiro atoms. The number of carbonyl (C=O) groups excluding carboxylic acids is 2. The Kier molecular flexibility index (Phi) is 8.53. The highest BCUT2D eigenvalue weighted by Gasteiger charge is 2.30. The van der Waals surface area contributed by atoms with E-state index in [2.05, 4.69) is 6.58 Å². The molecule has 0 saturated carbocycles. The number of ether oxygens (including phenoxy) is 2. The summed E-state index contributed by atoms with van der Waals surface area (Å²) in [5.41, 5.74) is 5.03.